The predicted molar refractivity (Wildman–Crippen MR) is 56.1 cm³/mol. The summed E-state index contributed by atoms with van der Waals surface area (Å²) >= 11 is 0. The molecule has 1 heterocycles. The Kier molecular flexibility index (Phi) is 2.46. The Labute approximate surface area is 97.8 Å². The van der Waals surface area contributed by atoms with Crippen molar-refractivity contribution in [3.05, 3.63) is 17.5 Å². The number of aryl methyl sites for hydroxylation is 1. The number of ether oxygens (including phenoxy) is 1. The van der Waals surface area contributed by atoms with Crippen LogP contribution in [0.2, 0.25) is 0 Å². The number of ketones is 1. The molecule has 0 N–H and O–H groups in total. The van der Waals surface area contributed by atoms with E-state index in [1.165, 1.54) is 11.8 Å². The monoisotopic (exact) mass is 233 g/mol. The number of rotatable bonds is 2. The zero-order chi connectivity index (χ0) is 12.6. The van der Waals surface area contributed by atoms with Crippen molar-refractivity contribution in [2.75, 3.05) is 7.11 Å². The average Bonchev–Trinajstić information content (AvgIpc) is 2.66. The Morgan fingerprint density at radius 1 is 1.65 bits per heavy atom. The first-order valence-corrected chi connectivity index (χ1v) is 5.08. The highest BCUT2D eigenvalue weighted by Crippen LogP contribution is 2.42. The third-order valence-electron chi connectivity index (χ3n) is 2.94. The van der Waals surface area contributed by atoms with Crippen molar-refractivity contribution in [2.45, 2.75) is 18.3 Å². The first-order chi connectivity index (χ1) is 8.02. The molecule has 0 unspecified atom stereocenters. The number of Topliss-reactive ketones (excluding diaryl/α,β-unsaturated/α-hetero) is 1. The highest BCUT2D eigenvalue weighted by molar-refractivity contribution is 5.94. The highest BCUT2D eigenvalue weighted by atomic mass is 16.5. The lowest BCUT2D eigenvalue weighted by atomic mass is 9.65. The Hall–Kier alpha value is -2.16. The summed E-state index contributed by atoms with van der Waals surface area (Å²) in [4.78, 5) is 22.6. The van der Waals surface area contributed by atoms with E-state index in [1.807, 2.05) is 0 Å². The van der Waals surface area contributed by atoms with E-state index in [9.17, 15) is 14.9 Å². The summed E-state index contributed by atoms with van der Waals surface area (Å²) < 4.78 is 6.06. The number of nitrogens with zero attached hydrogens (tertiary/aromatic N) is 3. The molecule has 1 fully saturated rings. The fourth-order valence-electron chi connectivity index (χ4n) is 2.04. The van der Waals surface area contributed by atoms with Gasteiger partial charge in [0.05, 0.1) is 18.6 Å². The molecule has 2 rings (SSSR count). The smallest absolute Gasteiger partial charge is 0.358 e. The number of esters is 1. The lowest BCUT2D eigenvalue weighted by Gasteiger charge is -2.33. The zero-order valence-electron chi connectivity index (χ0n) is 9.56. The number of carbonyl (C=O) groups is 2. The van der Waals surface area contributed by atoms with Gasteiger partial charge in [0.2, 0.25) is 0 Å². The van der Waals surface area contributed by atoms with Gasteiger partial charge in [0, 0.05) is 31.6 Å². The van der Waals surface area contributed by atoms with Gasteiger partial charge < -0.3 is 4.74 Å². The number of nitriles is 1. The highest BCUT2D eigenvalue weighted by Gasteiger charge is 2.48. The molecule has 0 radical (unpaired) electrons. The van der Waals surface area contributed by atoms with Crippen LogP contribution in [0.1, 0.15) is 28.9 Å². The van der Waals surface area contributed by atoms with E-state index in [-0.39, 0.29) is 24.3 Å². The van der Waals surface area contributed by atoms with Crippen LogP contribution in [0.25, 0.3) is 0 Å². The summed E-state index contributed by atoms with van der Waals surface area (Å²) in [6.45, 7) is 0. The average molecular weight is 233 g/mol. The van der Waals surface area contributed by atoms with Crippen LogP contribution in [-0.2, 0) is 22.0 Å². The number of aromatic nitrogens is 2. The molecule has 1 aromatic rings. The Balaban J connectivity index is 2.49. The summed E-state index contributed by atoms with van der Waals surface area (Å²) in [5.41, 5.74) is -0.312. The second kappa shape index (κ2) is 3.70. The van der Waals surface area contributed by atoms with Gasteiger partial charge in [0.25, 0.3) is 0 Å². The maximum absolute atomic E-state index is 11.5. The van der Waals surface area contributed by atoms with E-state index in [1.54, 1.807) is 13.2 Å². The molecule has 1 aliphatic rings. The molecular weight excluding hydrogens is 222 g/mol. The first-order valence-electron chi connectivity index (χ1n) is 5.08. The molecule has 0 bridgehead atoms. The number of hydrogen-bond acceptors (Lipinski definition) is 5. The molecule has 1 aromatic heterocycles. The quantitative estimate of drug-likeness (QED) is 0.687. The Morgan fingerprint density at radius 2 is 2.29 bits per heavy atom. The molecule has 0 aromatic carbocycles. The molecule has 1 aliphatic carbocycles. The van der Waals surface area contributed by atoms with Gasteiger partial charge in [-0.15, -0.1) is 0 Å². The van der Waals surface area contributed by atoms with Crippen molar-refractivity contribution in [3.63, 3.8) is 0 Å². The maximum Gasteiger partial charge on any atom is 0.358 e. The summed E-state index contributed by atoms with van der Waals surface area (Å²) in [6, 6.07) is 2.11. The van der Waals surface area contributed by atoms with Crippen LogP contribution < -0.4 is 0 Å². The SMILES string of the molecule is COC(=O)c1nn(C)cc1C1(C#N)CC(=O)C1. The topological polar surface area (TPSA) is 85.0 Å². The summed E-state index contributed by atoms with van der Waals surface area (Å²) in [5, 5.41) is 13.2. The van der Waals surface area contributed by atoms with Crippen LogP contribution in [0.15, 0.2) is 6.20 Å². The molecule has 17 heavy (non-hydrogen) atoms. The molecular formula is C11H11N3O3. The van der Waals surface area contributed by atoms with Gasteiger partial charge in [-0.25, -0.2) is 4.79 Å². The summed E-state index contributed by atoms with van der Waals surface area (Å²) in [6.07, 6.45) is 1.88. The van der Waals surface area contributed by atoms with E-state index in [4.69, 9.17) is 0 Å². The normalized spacial score (nSPS) is 17.1. The molecule has 6 nitrogen and oxygen atoms in total. The van der Waals surface area contributed by atoms with Crippen molar-refractivity contribution < 1.29 is 14.3 Å². The summed E-state index contributed by atoms with van der Waals surface area (Å²) in [7, 11) is 2.91. The lowest BCUT2D eigenvalue weighted by Crippen LogP contribution is -2.41. The standard InChI is InChI=1S/C11H11N3O3/c1-14-5-8(9(13-14)10(16)17-2)11(6-12)3-7(15)4-11/h5H,3-4H2,1-2H3. The molecule has 0 aliphatic heterocycles. The van der Waals surface area contributed by atoms with Crippen molar-refractivity contribution >= 4 is 11.8 Å². The number of hydrogen-bond donors (Lipinski definition) is 0. The predicted octanol–water partition coefficient (Wildman–Crippen LogP) is 0.331. The van der Waals surface area contributed by atoms with Gasteiger partial charge in [-0.3, -0.25) is 9.48 Å². The van der Waals surface area contributed by atoms with Crippen LogP contribution in [-0.4, -0.2) is 28.6 Å². The molecule has 6 heteroatoms. The number of methoxy groups -OCH3 is 1. The largest absolute Gasteiger partial charge is 0.464 e. The van der Waals surface area contributed by atoms with Crippen molar-refractivity contribution in [1.29, 1.82) is 5.26 Å². The fourth-order valence-corrected chi connectivity index (χ4v) is 2.04. The second-order valence-corrected chi connectivity index (χ2v) is 4.14. The van der Waals surface area contributed by atoms with E-state index >= 15 is 0 Å². The molecule has 88 valence electrons. The lowest BCUT2D eigenvalue weighted by molar-refractivity contribution is -0.126. The van der Waals surface area contributed by atoms with Crippen molar-refractivity contribution in [3.8, 4) is 6.07 Å². The molecule has 0 amide bonds. The minimum Gasteiger partial charge on any atom is -0.464 e. The molecule has 0 spiro atoms. The van der Waals surface area contributed by atoms with Crippen LogP contribution in [0.5, 0.6) is 0 Å². The Morgan fingerprint density at radius 3 is 2.76 bits per heavy atom. The molecule has 0 atom stereocenters. The minimum absolute atomic E-state index is 0.0196. The number of carbonyl (C=O) groups excluding carboxylic acids is 2. The van der Waals surface area contributed by atoms with Gasteiger partial charge in [-0.05, 0) is 0 Å². The molecule has 0 saturated heterocycles. The van der Waals surface area contributed by atoms with Crippen LogP contribution in [0, 0.1) is 11.3 Å². The third kappa shape index (κ3) is 1.60. The minimum atomic E-state index is -0.908. The zero-order valence-corrected chi connectivity index (χ0v) is 9.56. The van der Waals surface area contributed by atoms with Gasteiger partial charge in [0.1, 0.15) is 5.78 Å². The first kappa shape index (κ1) is 11.3. The van der Waals surface area contributed by atoms with Crippen LogP contribution >= 0.6 is 0 Å². The third-order valence-corrected chi connectivity index (χ3v) is 2.94. The van der Waals surface area contributed by atoms with E-state index < -0.39 is 11.4 Å². The van der Waals surface area contributed by atoms with Crippen molar-refractivity contribution in [1.82, 2.24) is 9.78 Å². The van der Waals surface area contributed by atoms with Gasteiger partial charge in [0.15, 0.2) is 5.69 Å². The van der Waals surface area contributed by atoms with E-state index in [0.717, 1.165) is 0 Å². The van der Waals surface area contributed by atoms with Gasteiger partial charge in [-0.2, -0.15) is 10.4 Å². The van der Waals surface area contributed by atoms with Crippen molar-refractivity contribution in [2.24, 2.45) is 7.05 Å². The molecule has 1 saturated carbocycles. The van der Waals surface area contributed by atoms with E-state index in [2.05, 4.69) is 15.9 Å². The van der Waals surface area contributed by atoms with Crippen LogP contribution in [0.4, 0.5) is 0 Å². The summed E-state index contributed by atoms with van der Waals surface area (Å²) in [5.74, 6) is -0.569. The second-order valence-electron chi connectivity index (χ2n) is 4.14. The van der Waals surface area contributed by atoms with Crippen LogP contribution in [0.3, 0.4) is 0 Å². The fraction of sp³-hybridized carbons (Fsp3) is 0.455. The maximum atomic E-state index is 11.5. The van der Waals surface area contributed by atoms with Gasteiger partial charge in [-0.1, -0.05) is 0 Å². The van der Waals surface area contributed by atoms with Gasteiger partial charge >= 0.3 is 5.97 Å². The van der Waals surface area contributed by atoms with E-state index in [0.29, 0.717) is 5.56 Å². The Bertz CT molecular complexity index is 531.